The third-order valence-electron chi connectivity index (χ3n) is 2.66. The van der Waals surface area contributed by atoms with Gasteiger partial charge in [0.05, 0.1) is 13.2 Å². The number of aliphatic hydroxyl groups is 1. The Labute approximate surface area is 125 Å². The van der Waals surface area contributed by atoms with Crippen molar-refractivity contribution in [3.63, 3.8) is 0 Å². The fourth-order valence-corrected chi connectivity index (χ4v) is 2.65. The Kier molecular flexibility index (Phi) is 5.32. The first-order chi connectivity index (χ1) is 10.1. The molecule has 21 heavy (non-hydrogen) atoms. The molecule has 8 heteroatoms. The zero-order valence-corrected chi connectivity index (χ0v) is 11.8. The monoisotopic (exact) mass is 310 g/mol. The van der Waals surface area contributed by atoms with E-state index in [4.69, 9.17) is 9.84 Å². The van der Waals surface area contributed by atoms with E-state index in [-0.39, 0.29) is 19.9 Å². The minimum Gasteiger partial charge on any atom is -0.394 e. The maximum Gasteiger partial charge on any atom is 0.332 e. The standard InChI is InChI=1S/C13H14N2O5S/c16-6-7-20-8-15-12(18)10(11(17)14-13(15)19)21-9-4-2-1-3-5-9/h1-5,10,16H,6-8H2,(H,14,17,19). The number of thioether (sulfide) groups is 1. The summed E-state index contributed by atoms with van der Waals surface area (Å²) in [6.45, 7) is -0.517. The number of rotatable bonds is 6. The summed E-state index contributed by atoms with van der Waals surface area (Å²) in [7, 11) is 0. The Morgan fingerprint density at radius 1 is 1.24 bits per heavy atom. The highest BCUT2D eigenvalue weighted by Gasteiger charge is 2.41. The zero-order valence-electron chi connectivity index (χ0n) is 11.0. The average Bonchev–Trinajstić information content (AvgIpc) is 2.48. The van der Waals surface area contributed by atoms with Crippen molar-refractivity contribution in [2.45, 2.75) is 10.1 Å². The molecule has 1 aromatic rings. The number of amides is 4. The highest BCUT2D eigenvalue weighted by molar-refractivity contribution is 8.01. The SMILES string of the molecule is O=C1NC(=O)N(COCCO)C(=O)C1Sc1ccccc1. The van der Waals surface area contributed by atoms with Crippen molar-refractivity contribution < 1.29 is 24.2 Å². The van der Waals surface area contributed by atoms with Crippen LogP contribution >= 0.6 is 11.8 Å². The number of benzene rings is 1. The molecule has 4 amide bonds. The number of imide groups is 2. The van der Waals surface area contributed by atoms with Crippen molar-refractivity contribution in [1.29, 1.82) is 0 Å². The van der Waals surface area contributed by atoms with Gasteiger partial charge in [0, 0.05) is 4.90 Å². The normalized spacial score (nSPS) is 18.8. The van der Waals surface area contributed by atoms with Crippen LogP contribution in [-0.4, -0.2) is 53.0 Å². The van der Waals surface area contributed by atoms with Gasteiger partial charge in [-0.05, 0) is 12.1 Å². The number of nitrogens with zero attached hydrogens (tertiary/aromatic N) is 1. The van der Waals surface area contributed by atoms with E-state index in [0.717, 1.165) is 21.6 Å². The first-order valence-electron chi connectivity index (χ1n) is 6.20. The molecule has 1 atom stereocenters. The summed E-state index contributed by atoms with van der Waals surface area (Å²) in [5.41, 5.74) is 0. The largest absolute Gasteiger partial charge is 0.394 e. The van der Waals surface area contributed by atoms with Gasteiger partial charge in [-0.15, -0.1) is 11.8 Å². The van der Waals surface area contributed by atoms with E-state index in [1.807, 2.05) is 6.07 Å². The van der Waals surface area contributed by atoms with Gasteiger partial charge in [0.25, 0.3) is 11.8 Å². The van der Waals surface area contributed by atoms with Crippen LogP contribution in [0.15, 0.2) is 35.2 Å². The van der Waals surface area contributed by atoms with Gasteiger partial charge in [0.2, 0.25) is 0 Å². The predicted molar refractivity (Wildman–Crippen MR) is 74.4 cm³/mol. The molecule has 1 aliphatic rings. The number of carbonyl (C=O) groups is 3. The number of aliphatic hydroxyl groups excluding tert-OH is 1. The lowest BCUT2D eigenvalue weighted by molar-refractivity contribution is -0.139. The highest BCUT2D eigenvalue weighted by Crippen LogP contribution is 2.26. The predicted octanol–water partition coefficient (Wildman–Crippen LogP) is 0.192. The van der Waals surface area contributed by atoms with E-state index in [1.54, 1.807) is 24.3 Å². The molecule has 2 N–H and O–H groups in total. The van der Waals surface area contributed by atoms with Crippen LogP contribution in [0.5, 0.6) is 0 Å². The molecule has 0 aromatic heterocycles. The number of barbiturate groups is 1. The van der Waals surface area contributed by atoms with Crippen LogP contribution in [0.3, 0.4) is 0 Å². The molecule has 1 unspecified atom stereocenters. The molecule has 0 radical (unpaired) electrons. The van der Waals surface area contributed by atoms with E-state index in [2.05, 4.69) is 5.32 Å². The second kappa shape index (κ2) is 7.21. The maximum atomic E-state index is 12.2. The molecule has 0 spiro atoms. The molecular weight excluding hydrogens is 296 g/mol. The molecule has 112 valence electrons. The first kappa shape index (κ1) is 15.5. The van der Waals surface area contributed by atoms with Crippen molar-refractivity contribution in [2.24, 2.45) is 0 Å². The van der Waals surface area contributed by atoms with Crippen molar-refractivity contribution in [2.75, 3.05) is 19.9 Å². The summed E-state index contributed by atoms with van der Waals surface area (Å²) in [6, 6.07) is 8.14. The van der Waals surface area contributed by atoms with Gasteiger partial charge in [-0.1, -0.05) is 18.2 Å². The topological polar surface area (TPSA) is 95.9 Å². The van der Waals surface area contributed by atoms with Crippen LogP contribution in [0, 0.1) is 0 Å². The fraction of sp³-hybridized carbons (Fsp3) is 0.308. The summed E-state index contributed by atoms with van der Waals surface area (Å²) in [6.07, 6.45) is 0. The summed E-state index contributed by atoms with van der Waals surface area (Å²) < 4.78 is 4.97. The molecule has 1 aromatic carbocycles. The maximum absolute atomic E-state index is 12.2. The number of hydrogen-bond acceptors (Lipinski definition) is 6. The summed E-state index contributed by atoms with van der Waals surface area (Å²) in [5.74, 6) is -1.27. The lowest BCUT2D eigenvalue weighted by Crippen LogP contribution is -2.59. The van der Waals surface area contributed by atoms with Crippen LogP contribution < -0.4 is 5.32 Å². The Bertz CT molecular complexity index is 537. The van der Waals surface area contributed by atoms with Gasteiger partial charge >= 0.3 is 6.03 Å². The molecule has 1 fully saturated rings. The number of urea groups is 1. The molecule has 7 nitrogen and oxygen atoms in total. The van der Waals surface area contributed by atoms with Gasteiger partial charge in [0.15, 0.2) is 5.25 Å². The van der Waals surface area contributed by atoms with Gasteiger partial charge in [-0.25, -0.2) is 9.69 Å². The second-order valence-electron chi connectivity index (χ2n) is 4.13. The van der Waals surface area contributed by atoms with Crippen LogP contribution in [0.1, 0.15) is 0 Å². The third-order valence-corrected chi connectivity index (χ3v) is 3.85. The Hall–Kier alpha value is -1.90. The zero-order chi connectivity index (χ0) is 15.2. The van der Waals surface area contributed by atoms with Crippen LogP contribution in [0.2, 0.25) is 0 Å². The van der Waals surface area contributed by atoms with Crippen molar-refractivity contribution in [1.82, 2.24) is 10.2 Å². The lowest BCUT2D eigenvalue weighted by atomic mass is 10.3. The second-order valence-corrected chi connectivity index (χ2v) is 5.31. The van der Waals surface area contributed by atoms with E-state index in [1.165, 1.54) is 0 Å². The molecule has 0 saturated carbocycles. The Morgan fingerprint density at radius 2 is 1.95 bits per heavy atom. The lowest BCUT2D eigenvalue weighted by Gasteiger charge is -2.29. The van der Waals surface area contributed by atoms with E-state index < -0.39 is 23.1 Å². The smallest absolute Gasteiger partial charge is 0.332 e. The van der Waals surface area contributed by atoms with Gasteiger partial charge in [-0.2, -0.15) is 0 Å². The number of nitrogens with one attached hydrogen (secondary N) is 1. The van der Waals surface area contributed by atoms with Gasteiger partial charge < -0.3 is 9.84 Å². The molecule has 2 rings (SSSR count). The summed E-state index contributed by atoms with van der Waals surface area (Å²) in [5, 5.41) is 9.71. The molecular formula is C13H14N2O5S. The molecule has 1 heterocycles. The van der Waals surface area contributed by atoms with Crippen LogP contribution in [0.4, 0.5) is 4.79 Å². The van der Waals surface area contributed by atoms with Crippen molar-refractivity contribution in [3.05, 3.63) is 30.3 Å². The summed E-state index contributed by atoms with van der Waals surface area (Å²) >= 11 is 1.07. The Balaban J connectivity index is 2.07. The third kappa shape index (κ3) is 3.81. The molecule has 0 bridgehead atoms. The van der Waals surface area contributed by atoms with Crippen molar-refractivity contribution >= 4 is 29.6 Å². The molecule has 1 aliphatic heterocycles. The van der Waals surface area contributed by atoms with Crippen LogP contribution in [-0.2, 0) is 14.3 Å². The molecule has 0 aliphatic carbocycles. The fourth-order valence-electron chi connectivity index (χ4n) is 1.67. The quantitative estimate of drug-likeness (QED) is 0.575. The average molecular weight is 310 g/mol. The minimum atomic E-state index is -1.04. The van der Waals surface area contributed by atoms with E-state index >= 15 is 0 Å². The van der Waals surface area contributed by atoms with E-state index in [0.29, 0.717) is 0 Å². The van der Waals surface area contributed by atoms with E-state index in [9.17, 15) is 14.4 Å². The van der Waals surface area contributed by atoms with Gasteiger partial charge in [-0.3, -0.25) is 14.9 Å². The number of ether oxygens (including phenoxy) is 1. The minimum absolute atomic E-state index is 0.00149. The highest BCUT2D eigenvalue weighted by atomic mass is 32.2. The number of carbonyl (C=O) groups excluding carboxylic acids is 3. The van der Waals surface area contributed by atoms with Gasteiger partial charge in [0.1, 0.15) is 6.73 Å². The molecule has 1 saturated heterocycles. The van der Waals surface area contributed by atoms with Crippen molar-refractivity contribution in [3.8, 4) is 0 Å². The Morgan fingerprint density at radius 3 is 2.62 bits per heavy atom. The summed E-state index contributed by atoms with van der Waals surface area (Å²) in [4.78, 5) is 37.2. The number of hydrogen-bond donors (Lipinski definition) is 2. The first-order valence-corrected chi connectivity index (χ1v) is 7.08. The van der Waals surface area contributed by atoms with Crippen LogP contribution in [0.25, 0.3) is 0 Å².